The van der Waals surface area contributed by atoms with E-state index in [1.807, 2.05) is 12.1 Å². The van der Waals surface area contributed by atoms with Crippen LogP contribution in [-0.4, -0.2) is 37.1 Å². The lowest BCUT2D eigenvalue weighted by Gasteiger charge is -2.45. The van der Waals surface area contributed by atoms with Crippen LogP contribution < -0.4 is 5.32 Å². The Kier molecular flexibility index (Phi) is 3.62. The molecule has 1 N–H and O–H groups in total. The molecule has 0 amide bonds. The number of halogens is 1. The van der Waals surface area contributed by atoms with Crippen LogP contribution in [0.4, 0.5) is 4.39 Å². The van der Waals surface area contributed by atoms with Crippen LogP contribution in [0.2, 0.25) is 0 Å². The molecule has 2 bridgehead atoms. The fourth-order valence-corrected chi connectivity index (χ4v) is 3.29. The molecule has 18 heavy (non-hydrogen) atoms. The largest absolute Gasteiger partial charge is 0.312 e. The first kappa shape index (κ1) is 12.1. The maximum Gasteiger partial charge on any atom is 0.126 e. The number of benzene rings is 1. The van der Waals surface area contributed by atoms with Crippen molar-refractivity contribution in [1.82, 2.24) is 10.2 Å². The van der Waals surface area contributed by atoms with E-state index in [1.54, 1.807) is 12.1 Å². The summed E-state index contributed by atoms with van der Waals surface area (Å²) in [6.07, 6.45) is 3.45. The summed E-state index contributed by atoms with van der Waals surface area (Å²) in [5.74, 6) is 0.767. The van der Waals surface area contributed by atoms with E-state index in [1.165, 1.54) is 32.5 Å². The first-order valence-electron chi connectivity index (χ1n) is 7.02. The van der Waals surface area contributed by atoms with Gasteiger partial charge in [-0.2, -0.15) is 0 Å². The molecule has 3 aliphatic heterocycles. The second-order valence-corrected chi connectivity index (χ2v) is 5.54. The highest BCUT2D eigenvalue weighted by molar-refractivity contribution is 5.17. The summed E-state index contributed by atoms with van der Waals surface area (Å²) in [6.45, 7) is 4.62. The molecule has 0 aliphatic carbocycles. The van der Waals surface area contributed by atoms with Gasteiger partial charge in [-0.15, -0.1) is 0 Å². The van der Waals surface area contributed by atoms with Gasteiger partial charge < -0.3 is 10.2 Å². The molecule has 2 nitrogen and oxygen atoms in total. The average Bonchev–Trinajstić information content (AvgIpc) is 2.42. The quantitative estimate of drug-likeness (QED) is 0.877. The van der Waals surface area contributed by atoms with Gasteiger partial charge in [0.25, 0.3) is 0 Å². The maximum atomic E-state index is 13.5. The van der Waals surface area contributed by atoms with E-state index in [-0.39, 0.29) is 5.82 Å². The number of nitrogens with zero attached hydrogens (tertiary/aromatic N) is 1. The summed E-state index contributed by atoms with van der Waals surface area (Å²) in [5.41, 5.74) is 0.825. The van der Waals surface area contributed by atoms with Crippen LogP contribution in [0.3, 0.4) is 0 Å². The molecule has 3 fully saturated rings. The van der Waals surface area contributed by atoms with Gasteiger partial charge in [0.2, 0.25) is 0 Å². The van der Waals surface area contributed by atoms with Gasteiger partial charge in [-0.25, -0.2) is 4.39 Å². The average molecular weight is 248 g/mol. The van der Waals surface area contributed by atoms with E-state index in [0.717, 1.165) is 24.4 Å². The Balaban J connectivity index is 1.49. The van der Waals surface area contributed by atoms with Crippen molar-refractivity contribution in [3.8, 4) is 0 Å². The van der Waals surface area contributed by atoms with Crippen LogP contribution in [0.5, 0.6) is 0 Å². The van der Waals surface area contributed by atoms with Crippen molar-refractivity contribution in [2.24, 2.45) is 5.92 Å². The summed E-state index contributed by atoms with van der Waals surface area (Å²) >= 11 is 0. The third-order valence-corrected chi connectivity index (χ3v) is 4.41. The Hall–Kier alpha value is -0.930. The lowest BCUT2D eigenvalue weighted by atomic mass is 9.84. The van der Waals surface area contributed by atoms with E-state index in [2.05, 4.69) is 10.2 Å². The topological polar surface area (TPSA) is 15.3 Å². The van der Waals surface area contributed by atoms with Crippen molar-refractivity contribution >= 4 is 0 Å². The van der Waals surface area contributed by atoms with Crippen LogP contribution in [0.15, 0.2) is 24.3 Å². The molecule has 98 valence electrons. The molecular formula is C15H21FN2. The van der Waals surface area contributed by atoms with Crippen molar-refractivity contribution in [1.29, 1.82) is 0 Å². The first-order chi connectivity index (χ1) is 8.83. The second-order valence-electron chi connectivity index (χ2n) is 5.54. The number of rotatable bonds is 4. The van der Waals surface area contributed by atoms with Crippen LogP contribution >= 0.6 is 0 Å². The highest BCUT2D eigenvalue weighted by Crippen LogP contribution is 2.27. The van der Waals surface area contributed by atoms with Crippen molar-refractivity contribution in [2.45, 2.75) is 25.3 Å². The molecule has 0 radical (unpaired) electrons. The first-order valence-corrected chi connectivity index (χ1v) is 7.02. The predicted octanol–water partition coefficient (Wildman–Crippen LogP) is 2.05. The predicted molar refractivity (Wildman–Crippen MR) is 71.1 cm³/mol. The highest BCUT2D eigenvalue weighted by atomic mass is 19.1. The maximum absolute atomic E-state index is 13.5. The Morgan fingerprint density at radius 3 is 2.67 bits per heavy atom. The molecule has 1 aromatic carbocycles. The van der Waals surface area contributed by atoms with Crippen molar-refractivity contribution < 1.29 is 4.39 Å². The molecule has 4 rings (SSSR count). The molecule has 3 saturated heterocycles. The van der Waals surface area contributed by atoms with Gasteiger partial charge in [-0.05, 0) is 56.4 Å². The van der Waals surface area contributed by atoms with Gasteiger partial charge in [0.1, 0.15) is 5.82 Å². The molecule has 0 aromatic heterocycles. The SMILES string of the molecule is Fc1ccccc1CCNC1CN2CCC1CC2. The molecule has 1 aromatic rings. The van der Waals surface area contributed by atoms with E-state index in [0.29, 0.717) is 6.04 Å². The summed E-state index contributed by atoms with van der Waals surface area (Å²) in [6, 6.07) is 7.71. The van der Waals surface area contributed by atoms with Gasteiger partial charge in [-0.1, -0.05) is 18.2 Å². The standard InChI is InChI=1S/C15H21FN2/c16-14-4-2-1-3-12(14)5-8-17-15-11-18-9-6-13(15)7-10-18/h1-4,13,15,17H,5-11H2. The van der Waals surface area contributed by atoms with Gasteiger partial charge >= 0.3 is 0 Å². The minimum absolute atomic E-state index is 0.0757. The van der Waals surface area contributed by atoms with Gasteiger partial charge in [0.05, 0.1) is 0 Å². The number of hydrogen-bond acceptors (Lipinski definition) is 2. The second kappa shape index (κ2) is 5.37. The van der Waals surface area contributed by atoms with Gasteiger partial charge in [0, 0.05) is 12.6 Å². The normalized spacial score (nSPS) is 30.6. The Labute approximate surface area is 108 Å². The lowest BCUT2D eigenvalue weighted by Crippen LogP contribution is -2.56. The Morgan fingerprint density at radius 2 is 2.00 bits per heavy atom. The fraction of sp³-hybridized carbons (Fsp3) is 0.600. The minimum Gasteiger partial charge on any atom is -0.312 e. The minimum atomic E-state index is -0.0757. The summed E-state index contributed by atoms with van der Waals surface area (Å²) in [4.78, 5) is 2.54. The van der Waals surface area contributed by atoms with E-state index in [9.17, 15) is 4.39 Å². The zero-order valence-corrected chi connectivity index (χ0v) is 10.7. The summed E-state index contributed by atoms with van der Waals surface area (Å²) < 4.78 is 13.5. The lowest BCUT2D eigenvalue weighted by molar-refractivity contribution is 0.0731. The molecule has 0 spiro atoms. The Morgan fingerprint density at radius 1 is 1.22 bits per heavy atom. The molecule has 0 saturated carbocycles. The van der Waals surface area contributed by atoms with Crippen LogP contribution in [0, 0.1) is 11.7 Å². The smallest absolute Gasteiger partial charge is 0.126 e. The van der Waals surface area contributed by atoms with Crippen molar-refractivity contribution in [2.75, 3.05) is 26.2 Å². The molecule has 3 aliphatic rings. The number of fused-ring (bicyclic) bond motifs is 3. The van der Waals surface area contributed by atoms with Crippen molar-refractivity contribution in [3.05, 3.63) is 35.6 Å². The van der Waals surface area contributed by atoms with Crippen LogP contribution in [0.25, 0.3) is 0 Å². The number of piperidine rings is 3. The number of nitrogens with one attached hydrogen (secondary N) is 1. The molecule has 1 atom stereocenters. The van der Waals surface area contributed by atoms with Crippen LogP contribution in [-0.2, 0) is 6.42 Å². The molecule has 3 heterocycles. The summed E-state index contributed by atoms with van der Waals surface area (Å²) in [5, 5.41) is 3.62. The fourth-order valence-electron chi connectivity index (χ4n) is 3.29. The third kappa shape index (κ3) is 2.57. The van der Waals surface area contributed by atoms with Crippen molar-refractivity contribution in [3.63, 3.8) is 0 Å². The molecular weight excluding hydrogens is 227 g/mol. The van der Waals surface area contributed by atoms with E-state index < -0.39 is 0 Å². The molecule has 1 unspecified atom stereocenters. The third-order valence-electron chi connectivity index (χ3n) is 4.41. The number of hydrogen-bond donors (Lipinski definition) is 1. The van der Waals surface area contributed by atoms with E-state index >= 15 is 0 Å². The highest BCUT2D eigenvalue weighted by Gasteiger charge is 2.33. The van der Waals surface area contributed by atoms with Gasteiger partial charge in [-0.3, -0.25) is 0 Å². The van der Waals surface area contributed by atoms with Gasteiger partial charge in [0.15, 0.2) is 0 Å². The zero-order valence-electron chi connectivity index (χ0n) is 10.7. The van der Waals surface area contributed by atoms with E-state index in [4.69, 9.17) is 0 Å². The summed E-state index contributed by atoms with van der Waals surface area (Å²) in [7, 11) is 0. The zero-order chi connectivity index (χ0) is 12.4. The Bertz CT molecular complexity index is 399. The monoisotopic (exact) mass is 248 g/mol. The van der Waals surface area contributed by atoms with Crippen LogP contribution in [0.1, 0.15) is 18.4 Å². The molecule has 3 heteroatoms.